The summed E-state index contributed by atoms with van der Waals surface area (Å²) in [5.74, 6) is -0.524. The average molecular weight is 240 g/mol. The van der Waals surface area contributed by atoms with Crippen LogP contribution < -0.4 is 10.6 Å². The third-order valence-corrected chi connectivity index (χ3v) is 2.16. The number of methoxy groups -OCH3 is 1. The third kappa shape index (κ3) is 5.31. The lowest BCUT2D eigenvalue weighted by atomic mass is 10.3. The molecule has 0 atom stereocenters. The van der Waals surface area contributed by atoms with Gasteiger partial charge in [-0.25, -0.2) is 4.39 Å². The number of ether oxygens (including phenoxy) is 1. The molecule has 0 unspecified atom stereocenters. The molecular formula is C12H17FN2O2. The van der Waals surface area contributed by atoms with Gasteiger partial charge in [0.05, 0.1) is 12.2 Å². The van der Waals surface area contributed by atoms with Gasteiger partial charge >= 0.3 is 0 Å². The lowest BCUT2D eigenvalue weighted by Gasteiger charge is -2.08. The highest BCUT2D eigenvalue weighted by atomic mass is 19.1. The van der Waals surface area contributed by atoms with Gasteiger partial charge in [-0.3, -0.25) is 4.79 Å². The highest BCUT2D eigenvalue weighted by Gasteiger charge is 2.03. The van der Waals surface area contributed by atoms with Gasteiger partial charge < -0.3 is 15.4 Å². The summed E-state index contributed by atoms with van der Waals surface area (Å²) in [6.45, 7) is 1.24. The number of hydrogen-bond acceptors (Lipinski definition) is 3. The number of nitrogens with one attached hydrogen (secondary N) is 2. The Hall–Kier alpha value is -1.62. The van der Waals surface area contributed by atoms with E-state index in [1.165, 1.54) is 6.07 Å². The van der Waals surface area contributed by atoms with Crippen molar-refractivity contribution in [1.29, 1.82) is 0 Å². The number of anilines is 1. The molecule has 17 heavy (non-hydrogen) atoms. The van der Waals surface area contributed by atoms with Crippen molar-refractivity contribution in [3.63, 3.8) is 0 Å². The summed E-state index contributed by atoms with van der Waals surface area (Å²) in [5.41, 5.74) is 0.333. The van der Waals surface area contributed by atoms with E-state index in [0.717, 1.165) is 6.42 Å². The largest absolute Gasteiger partial charge is 0.385 e. The number of hydrogen-bond donors (Lipinski definition) is 2. The second-order valence-corrected chi connectivity index (χ2v) is 3.53. The number of benzene rings is 1. The summed E-state index contributed by atoms with van der Waals surface area (Å²) in [4.78, 5) is 11.4. The molecule has 2 N–H and O–H groups in total. The Morgan fingerprint density at radius 1 is 1.41 bits per heavy atom. The van der Waals surface area contributed by atoms with Gasteiger partial charge in [0.15, 0.2) is 0 Å². The van der Waals surface area contributed by atoms with Crippen molar-refractivity contribution in [2.45, 2.75) is 6.42 Å². The van der Waals surface area contributed by atoms with Crippen LogP contribution in [-0.2, 0) is 9.53 Å². The summed E-state index contributed by atoms with van der Waals surface area (Å²) in [7, 11) is 1.61. The van der Waals surface area contributed by atoms with Crippen LogP contribution in [0, 0.1) is 5.82 Å². The van der Waals surface area contributed by atoms with Crippen LogP contribution in [0.25, 0.3) is 0 Å². The van der Waals surface area contributed by atoms with E-state index in [9.17, 15) is 9.18 Å². The van der Waals surface area contributed by atoms with Crippen molar-refractivity contribution in [1.82, 2.24) is 5.32 Å². The predicted octanol–water partition coefficient (Wildman–Crippen LogP) is 1.39. The molecule has 1 aromatic carbocycles. The topological polar surface area (TPSA) is 50.4 Å². The number of rotatable bonds is 7. The fourth-order valence-corrected chi connectivity index (χ4v) is 1.29. The van der Waals surface area contributed by atoms with Crippen LogP contribution in [0.1, 0.15) is 6.42 Å². The summed E-state index contributed by atoms with van der Waals surface area (Å²) in [6, 6.07) is 6.25. The van der Waals surface area contributed by atoms with Crippen molar-refractivity contribution in [2.75, 3.05) is 32.1 Å². The van der Waals surface area contributed by atoms with Crippen molar-refractivity contribution >= 4 is 11.6 Å². The first-order valence-electron chi connectivity index (χ1n) is 5.48. The normalized spacial score (nSPS) is 10.0. The average Bonchev–Trinajstić information content (AvgIpc) is 2.34. The molecule has 5 heteroatoms. The molecular weight excluding hydrogens is 223 g/mol. The Morgan fingerprint density at radius 3 is 2.88 bits per heavy atom. The van der Waals surface area contributed by atoms with Crippen LogP contribution in [0.4, 0.5) is 10.1 Å². The minimum Gasteiger partial charge on any atom is -0.385 e. The van der Waals surface area contributed by atoms with E-state index < -0.39 is 0 Å². The van der Waals surface area contributed by atoms with Gasteiger partial charge in [0.1, 0.15) is 5.82 Å². The van der Waals surface area contributed by atoms with Crippen LogP contribution in [0.3, 0.4) is 0 Å². The second kappa shape index (κ2) is 7.62. The molecule has 1 rings (SSSR count). The lowest BCUT2D eigenvalue weighted by molar-refractivity contribution is -0.119. The molecule has 1 amide bonds. The molecule has 0 heterocycles. The molecule has 0 spiro atoms. The molecule has 0 saturated heterocycles. The first kappa shape index (κ1) is 13.4. The van der Waals surface area contributed by atoms with Crippen molar-refractivity contribution in [2.24, 2.45) is 0 Å². The Labute approximate surface area is 100 Å². The quantitative estimate of drug-likeness (QED) is 0.708. The number of para-hydroxylation sites is 1. The molecule has 0 radical (unpaired) electrons. The predicted molar refractivity (Wildman–Crippen MR) is 64.4 cm³/mol. The fraction of sp³-hybridized carbons (Fsp3) is 0.417. The van der Waals surface area contributed by atoms with E-state index >= 15 is 0 Å². The van der Waals surface area contributed by atoms with Crippen LogP contribution in [0.2, 0.25) is 0 Å². The molecule has 0 aliphatic rings. The SMILES string of the molecule is COCCCNC(=O)CNc1ccccc1F. The zero-order chi connectivity index (χ0) is 12.5. The van der Waals surface area contributed by atoms with Gasteiger partial charge in [-0.2, -0.15) is 0 Å². The molecule has 0 saturated carbocycles. The molecule has 94 valence electrons. The minimum absolute atomic E-state index is 0.0634. The Kier molecular flexibility index (Phi) is 6.03. The van der Waals surface area contributed by atoms with Crippen LogP contribution >= 0.6 is 0 Å². The maximum atomic E-state index is 13.2. The monoisotopic (exact) mass is 240 g/mol. The number of halogens is 1. The van der Waals surface area contributed by atoms with E-state index in [0.29, 0.717) is 18.8 Å². The van der Waals surface area contributed by atoms with E-state index in [4.69, 9.17) is 4.74 Å². The lowest BCUT2D eigenvalue weighted by Crippen LogP contribution is -2.31. The minimum atomic E-state index is -0.361. The van der Waals surface area contributed by atoms with Crippen LogP contribution in [0.5, 0.6) is 0 Å². The molecule has 1 aromatic rings. The smallest absolute Gasteiger partial charge is 0.239 e. The Morgan fingerprint density at radius 2 is 2.18 bits per heavy atom. The van der Waals surface area contributed by atoms with Gasteiger partial charge in [-0.15, -0.1) is 0 Å². The molecule has 0 fully saturated rings. The van der Waals surface area contributed by atoms with Crippen LogP contribution in [-0.4, -0.2) is 32.7 Å². The van der Waals surface area contributed by atoms with E-state index in [2.05, 4.69) is 10.6 Å². The molecule has 4 nitrogen and oxygen atoms in total. The first-order chi connectivity index (χ1) is 8.24. The number of amides is 1. The second-order valence-electron chi connectivity index (χ2n) is 3.53. The van der Waals surface area contributed by atoms with Gasteiger partial charge in [-0.05, 0) is 18.6 Å². The zero-order valence-corrected chi connectivity index (χ0v) is 9.83. The van der Waals surface area contributed by atoms with E-state index in [1.54, 1.807) is 25.3 Å². The summed E-state index contributed by atoms with van der Waals surface area (Å²) in [5, 5.41) is 5.44. The standard InChI is InChI=1S/C12H17FN2O2/c1-17-8-4-7-14-12(16)9-15-11-6-3-2-5-10(11)13/h2-3,5-6,15H,4,7-9H2,1H3,(H,14,16). The van der Waals surface area contributed by atoms with E-state index in [1.807, 2.05) is 0 Å². The molecule has 0 aromatic heterocycles. The van der Waals surface area contributed by atoms with Crippen molar-refractivity contribution in [3.05, 3.63) is 30.1 Å². The highest BCUT2D eigenvalue weighted by Crippen LogP contribution is 2.11. The maximum Gasteiger partial charge on any atom is 0.239 e. The van der Waals surface area contributed by atoms with Gasteiger partial charge in [0.2, 0.25) is 5.91 Å². The number of carbonyl (C=O) groups is 1. The number of carbonyl (C=O) groups excluding carboxylic acids is 1. The van der Waals surface area contributed by atoms with Gasteiger partial charge in [0, 0.05) is 20.3 Å². The Bertz CT molecular complexity index is 358. The van der Waals surface area contributed by atoms with Crippen LogP contribution in [0.15, 0.2) is 24.3 Å². The fourth-order valence-electron chi connectivity index (χ4n) is 1.29. The summed E-state index contributed by atoms with van der Waals surface area (Å²) >= 11 is 0. The highest BCUT2D eigenvalue weighted by molar-refractivity contribution is 5.80. The van der Waals surface area contributed by atoms with Crippen molar-refractivity contribution in [3.8, 4) is 0 Å². The third-order valence-electron chi connectivity index (χ3n) is 2.16. The summed E-state index contributed by atoms with van der Waals surface area (Å²) < 4.78 is 18.0. The van der Waals surface area contributed by atoms with Gasteiger partial charge in [0.25, 0.3) is 0 Å². The Balaban J connectivity index is 2.22. The van der Waals surface area contributed by atoms with Gasteiger partial charge in [-0.1, -0.05) is 12.1 Å². The molecule has 0 bridgehead atoms. The zero-order valence-electron chi connectivity index (χ0n) is 9.83. The van der Waals surface area contributed by atoms with E-state index in [-0.39, 0.29) is 18.3 Å². The molecule has 0 aliphatic heterocycles. The first-order valence-corrected chi connectivity index (χ1v) is 5.48. The maximum absolute atomic E-state index is 13.2. The van der Waals surface area contributed by atoms with Crippen molar-refractivity contribution < 1.29 is 13.9 Å². The molecule has 0 aliphatic carbocycles. The summed E-state index contributed by atoms with van der Waals surface area (Å²) in [6.07, 6.45) is 0.766.